The van der Waals surface area contributed by atoms with E-state index in [2.05, 4.69) is 12.7 Å². The quantitative estimate of drug-likeness (QED) is 0.495. The van der Waals surface area contributed by atoms with Gasteiger partial charge in [0.2, 0.25) is 0 Å². The van der Waals surface area contributed by atoms with Crippen molar-refractivity contribution in [2.24, 2.45) is 5.73 Å². The van der Waals surface area contributed by atoms with Crippen LogP contribution < -0.4 is 5.73 Å². The van der Waals surface area contributed by atoms with E-state index in [0.29, 0.717) is 19.4 Å². The van der Waals surface area contributed by atoms with Gasteiger partial charge in [0.05, 0.1) is 0 Å². The minimum Gasteiger partial charge on any atom is -0.543 e. The zero-order valence-electron chi connectivity index (χ0n) is 4.59. The first-order valence-corrected chi connectivity index (χ1v) is 2.41. The highest BCUT2D eigenvalue weighted by molar-refractivity contribution is 6.05. The lowest BCUT2D eigenvalue weighted by Gasteiger charge is -1.94. The Hall–Kier alpha value is -0.505. The molecular formula is C4H8BNO2. The van der Waals surface area contributed by atoms with Crippen LogP contribution >= 0.6 is 0 Å². The van der Waals surface area contributed by atoms with Crippen LogP contribution in [0.25, 0.3) is 0 Å². The zero-order chi connectivity index (χ0) is 6.41. The van der Waals surface area contributed by atoms with Crippen molar-refractivity contribution in [3.63, 3.8) is 0 Å². The molecule has 0 unspecified atom stereocenters. The predicted molar refractivity (Wildman–Crippen MR) is 30.1 cm³/mol. The summed E-state index contributed by atoms with van der Waals surface area (Å²) in [6.45, 7) is 0.495. The Bertz CT molecular complexity index is 76.4. The van der Waals surface area contributed by atoms with Gasteiger partial charge in [0.15, 0.2) is 0 Å². The third-order valence-corrected chi connectivity index (χ3v) is 0.716. The molecule has 0 bridgehead atoms. The predicted octanol–water partition coefficient (Wildman–Crippen LogP) is -0.648. The number of hydrogen-bond acceptors (Lipinski definition) is 3. The van der Waals surface area contributed by atoms with Gasteiger partial charge in [-0.2, -0.15) is 0 Å². The molecule has 44 valence electrons. The summed E-state index contributed by atoms with van der Waals surface area (Å²) >= 11 is 0. The molecule has 0 saturated heterocycles. The molecule has 0 atom stereocenters. The highest BCUT2D eigenvalue weighted by Crippen LogP contribution is 1.86. The van der Waals surface area contributed by atoms with Gasteiger partial charge in [-0.1, -0.05) is 0 Å². The fraction of sp³-hybridized carbons (Fsp3) is 0.750. The van der Waals surface area contributed by atoms with Gasteiger partial charge in [0, 0.05) is 6.42 Å². The molecule has 0 saturated carbocycles. The largest absolute Gasteiger partial charge is 0.543 e. The molecule has 2 radical (unpaired) electrons. The Labute approximate surface area is 49.6 Å². The minimum absolute atomic E-state index is 0.312. The van der Waals surface area contributed by atoms with Crippen molar-refractivity contribution in [3.8, 4) is 0 Å². The number of nitrogens with two attached hydrogens (primary N) is 1. The van der Waals surface area contributed by atoms with Crippen molar-refractivity contribution < 1.29 is 9.45 Å². The molecule has 0 fully saturated rings. The van der Waals surface area contributed by atoms with Gasteiger partial charge in [-0.05, 0) is 13.0 Å². The molecule has 2 N–H and O–H groups in total. The van der Waals surface area contributed by atoms with Crippen LogP contribution in [0.1, 0.15) is 12.8 Å². The first kappa shape index (κ1) is 7.49. The number of rotatable bonds is 3. The van der Waals surface area contributed by atoms with Crippen LogP contribution in [0.2, 0.25) is 0 Å². The molecule has 0 spiro atoms. The molecule has 0 aliphatic rings. The average Bonchev–Trinajstić information content (AvgIpc) is 1.83. The Morgan fingerprint density at radius 3 is 2.75 bits per heavy atom. The van der Waals surface area contributed by atoms with Crippen LogP contribution in [0.15, 0.2) is 0 Å². The topological polar surface area (TPSA) is 52.3 Å². The number of hydrogen-bond donors (Lipinski definition) is 1. The first-order valence-electron chi connectivity index (χ1n) is 2.41. The number of carbonyl (C=O) groups is 1. The van der Waals surface area contributed by atoms with Crippen LogP contribution in [0.5, 0.6) is 0 Å². The lowest BCUT2D eigenvalue weighted by Crippen LogP contribution is -2.05. The van der Waals surface area contributed by atoms with Crippen molar-refractivity contribution in [2.75, 3.05) is 6.54 Å². The molecule has 0 amide bonds. The Balaban J connectivity index is 2.99. The van der Waals surface area contributed by atoms with Gasteiger partial charge in [0.1, 0.15) is 0 Å². The van der Waals surface area contributed by atoms with E-state index in [0.717, 1.165) is 0 Å². The van der Waals surface area contributed by atoms with Crippen molar-refractivity contribution in [1.82, 2.24) is 0 Å². The second-order valence-electron chi connectivity index (χ2n) is 1.38. The summed E-state index contributed by atoms with van der Waals surface area (Å²) in [4.78, 5) is 10.2. The minimum atomic E-state index is -0.407. The van der Waals surface area contributed by atoms with Crippen LogP contribution in [0.4, 0.5) is 0 Å². The molecule has 0 rings (SSSR count). The summed E-state index contributed by atoms with van der Waals surface area (Å²) in [5, 5.41) is 0. The smallest absolute Gasteiger partial charge is 0.378 e. The van der Waals surface area contributed by atoms with Crippen molar-refractivity contribution in [3.05, 3.63) is 0 Å². The third-order valence-electron chi connectivity index (χ3n) is 0.716. The molecule has 8 heavy (non-hydrogen) atoms. The van der Waals surface area contributed by atoms with E-state index >= 15 is 0 Å². The van der Waals surface area contributed by atoms with Gasteiger partial charge >= 0.3 is 8.05 Å². The maximum atomic E-state index is 10.2. The molecule has 4 heteroatoms. The fourth-order valence-electron chi connectivity index (χ4n) is 0.305. The van der Waals surface area contributed by atoms with E-state index < -0.39 is 5.97 Å². The number of carbonyl (C=O) groups excluding carboxylic acids is 1. The lowest BCUT2D eigenvalue weighted by molar-refractivity contribution is -0.134. The second-order valence-corrected chi connectivity index (χ2v) is 1.38. The van der Waals surface area contributed by atoms with E-state index in [-0.39, 0.29) is 0 Å². The second kappa shape index (κ2) is 4.65. The summed E-state index contributed by atoms with van der Waals surface area (Å²) < 4.78 is 3.86. The van der Waals surface area contributed by atoms with Crippen molar-refractivity contribution >= 4 is 14.0 Å². The monoisotopic (exact) mass is 113 g/mol. The molecule has 0 aromatic carbocycles. The van der Waals surface area contributed by atoms with Gasteiger partial charge < -0.3 is 10.4 Å². The van der Waals surface area contributed by atoms with Crippen LogP contribution in [-0.4, -0.2) is 20.6 Å². The first-order chi connectivity index (χ1) is 3.81. The summed E-state index contributed by atoms with van der Waals surface area (Å²) in [6, 6.07) is 0. The maximum absolute atomic E-state index is 10.2. The van der Waals surface area contributed by atoms with Crippen LogP contribution in [0, 0.1) is 0 Å². The standard InChI is InChI=1S/C4H8BNO2/c5-8-4(7)2-1-3-6/h1-3,6H2. The molecule has 0 aliphatic carbocycles. The van der Waals surface area contributed by atoms with Gasteiger partial charge in [-0.3, -0.25) is 4.79 Å². The highest BCUT2D eigenvalue weighted by atomic mass is 16.5. The van der Waals surface area contributed by atoms with E-state index in [1.165, 1.54) is 0 Å². The average molecular weight is 113 g/mol. The molecule has 0 aromatic heterocycles. The van der Waals surface area contributed by atoms with Gasteiger partial charge in [-0.25, -0.2) is 0 Å². The van der Waals surface area contributed by atoms with Crippen LogP contribution in [0.3, 0.4) is 0 Å². The van der Waals surface area contributed by atoms with E-state index in [9.17, 15) is 4.79 Å². The molecule has 0 aliphatic heterocycles. The SMILES string of the molecule is [B]OC(=O)CCCN. The summed E-state index contributed by atoms with van der Waals surface area (Å²) in [7, 11) is 4.52. The Morgan fingerprint density at radius 1 is 1.75 bits per heavy atom. The molecule has 0 heterocycles. The summed E-state index contributed by atoms with van der Waals surface area (Å²) in [5.41, 5.74) is 5.08. The lowest BCUT2D eigenvalue weighted by atomic mass is 10.3. The zero-order valence-corrected chi connectivity index (χ0v) is 4.59. The molecular weight excluding hydrogens is 105 g/mol. The van der Waals surface area contributed by atoms with Gasteiger partial charge in [-0.15, -0.1) is 0 Å². The molecule has 3 nitrogen and oxygen atoms in total. The highest BCUT2D eigenvalue weighted by Gasteiger charge is 1.94. The van der Waals surface area contributed by atoms with Crippen molar-refractivity contribution in [1.29, 1.82) is 0 Å². The summed E-state index contributed by atoms with van der Waals surface area (Å²) in [5.74, 6) is -0.407. The van der Waals surface area contributed by atoms with Gasteiger partial charge in [0.25, 0.3) is 5.97 Å². The summed E-state index contributed by atoms with van der Waals surface area (Å²) in [6.07, 6.45) is 0.947. The fourth-order valence-corrected chi connectivity index (χ4v) is 0.305. The van der Waals surface area contributed by atoms with Crippen LogP contribution in [-0.2, 0) is 9.45 Å². The van der Waals surface area contributed by atoms with Crippen molar-refractivity contribution in [2.45, 2.75) is 12.8 Å². The maximum Gasteiger partial charge on any atom is 0.378 e. The van der Waals surface area contributed by atoms with E-state index in [1.54, 1.807) is 0 Å². The van der Waals surface area contributed by atoms with E-state index in [4.69, 9.17) is 5.73 Å². The normalized spacial score (nSPS) is 8.62. The molecule has 0 aromatic rings. The third kappa shape index (κ3) is 3.68. The van der Waals surface area contributed by atoms with E-state index in [1.807, 2.05) is 0 Å². The Kier molecular flexibility index (Phi) is 4.36. The Morgan fingerprint density at radius 2 is 2.38 bits per heavy atom.